The SMILES string of the molecule is COC(=O)c1ccc2c(c1)CCCC(c1ccc(C)cc1C)=C2c1ccc(OC2CCN(CCCF)C2)cc1. The summed E-state index contributed by atoms with van der Waals surface area (Å²) in [6.45, 7) is 6.65. The van der Waals surface area contributed by atoms with Crippen LogP contribution in [0.3, 0.4) is 0 Å². The van der Waals surface area contributed by atoms with Gasteiger partial charge in [-0.2, -0.15) is 0 Å². The molecule has 1 fully saturated rings. The zero-order chi connectivity index (χ0) is 27.4. The number of hydrogen-bond acceptors (Lipinski definition) is 4. The van der Waals surface area contributed by atoms with Gasteiger partial charge >= 0.3 is 5.97 Å². The average molecular weight is 528 g/mol. The number of halogens is 1. The minimum absolute atomic E-state index is 0.135. The normalized spacial score (nSPS) is 17.6. The second kappa shape index (κ2) is 12.2. The molecule has 1 aliphatic carbocycles. The lowest BCUT2D eigenvalue weighted by atomic mass is 9.86. The lowest BCUT2D eigenvalue weighted by Gasteiger charge is -2.20. The van der Waals surface area contributed by atoms with E-state index >= 15 is 0 Å². The van der Waals surface area contributed by atoms with E-state index in [2.05, 4.69) is 67.3 Å². The number of carbonyl (C=O) groups excluding carboxylic acids is 1. The maximum atomic E-state index is 12.6. The Morgan fingerprint density at radius 3 is 2.54 bits per heavy atom. The lowest BCUT2D eigenvalue weighted by molar-refractivity contribution is 0.0600. The summed E-state index contributed by atoms with van der Waals surface area (Å²) >= 11 is 0. The van der Waals surface area contributed by atoms with Crippen molar-refractivity contribution in [1.29, 1.82) is 0 Å². The molecule has 0 radical (unpaired) electrons. The topological polar surface area (TPSA) is 38.8 Å². The van der Waals surface area contributed by atoms with Gasteiger partial charge in [0.1, 0.15) is 11.9 Å². The molecule has 4 nitrogen and oxygen atoms in total. The van der Waals surface area contributed by atoms with Crippen LogP contribution in [0.2, 0.25) is 0 Å². The monoisotopic (exact) mass is 527 g/mol. The van der Waals surface area contributed by atoms with Gasteiger partial charge in [-0.3, -0.25) is 9.29 Å². The summed E-state index contributed by atoms with van der Waals surface area (Å²) in [5, 5.41) is 0. The number of carbonyl (C=O) groups is 1. The molecule has 39 heavy (non-hydrogen) atoms. The van der Waals surface area contributed by atoms with Gasteiger partial charge in [-0.15, -0.1) is 0 Å². The van der Waals surface area contributed by atoms with E-state index in [-0.39, 0.29) is 18.7 Å². The number of allylic oxidation sites excluding steroid dienone is 1. The van der Waals surface area contributed by atoms with Crippen LogP contribution in [0, 0.1) is 13.8 Å². The summed E-state index contributed by atoms with van der Waals surface area (Å²) in [5.41, 5.74) is 10.4. The number of hydrogen-bond donors (Lipinski definition) is 0. The molecule has 1 saturated heterocycles. The Morgan fingerprint density at radius 2 is 1.79 bits per heavy atom. The van der Waals surface area contributed by atoms with Crippen molar-refractivity contribution in [2.24, 2.45) is 0 Å². The highest BCUT2D eigenvalue weighted by Gasteiger charge is 2.25. The molecule has 0 amide bonds. The number of benzene rings is 3. The molecule has 0 bridgehead atoms. The van der Waals surface area contributed by atoms with Gasteiger partial charge in [0.15, 0.2) is 0 Å². The molecule has 0 saturated carbocycles. The predicted molar refractivity (Wildman–Crippen MR) is 155 cm³/mol. The standard InChI is InChI=1S/C34H38FNO3/c1-23-8-14-30(24(2)20-23)32-7-4-6-26-21-27(34(37)38-3)11-15-31(26)33(32)25-9-12-28(13-10-25)39-29-16-19-36(22-29)18-5-17-35/h8-15,20-21,29H,4-7,16-19,22H2,1-3H3. The van der Waals surface area contributed by atoms with Crippen LogP contribution in [-0.2, 0) is 11.2 Å². The maximum absolute atomic E-state index is 12.6. The number of ether oxygens (including phenoxy) is 2. The number of rotatable bonds is 8. The van der Waals surface area contributed by atoms with Gasteiger partial charge in [-0.25, -0.2) is 4.79 Å². The Labute approximate surface area is 231 Å². The van der Waals surface area contributed by atoms with E-state index in [1.807, 2.05) is 12.1 Å². The predicted octanol–water partition coefficient (Wildman–Crippen LogP) is 7.20. The van der Waals surface area contributed by atoms with Crippen molar-refractivity contribution in [3.8, 4) is 5.75 Å². The number of likely N-dealkylation sites (tertiary alicyclic amines) is 1. The van der Waals surface area contributed by atoms with E-state index in [0.717, 1.165) is 56.6 Å². The van der Waals surface area contributed by atoms with E-state index in [1.165, 1.54) is 46.1 Å². The second-order valence-corrected chi connectivity index (χ2v) is 10.8. The fourth-order valence-electron chi connectivity index (χ4n) is 6.06. The first-order chi connectivity index (χ1) is 19.0. The minimum atomic E-state index is -0.307. The van der Waals surface area contributed by atoms with E-state index in [1.54, 1.807) is 0 Å². The smallest absolute Gasteiger partial charge is 0.337 e. The van der Waals surface area contributed by atoms with Gasteiger partial charge in [-0.1, -0.05) is 42.0 Å². The molecule has 1 aliphatic heterocycles. The number of fused-ring (bicyclic) bond motifs is 1. The minimum Gasteiger partial charge on any atom is -0.489 e. The van der Waals surface area contributed by atoms with Crippen molar-refractivity contribution in [3.05, 3.63) is 99.6 Å². The van der Waals surface area contributed by atoms with Gasteiger partial charge in [0.2, 0.25) is 0 Å². The van der Waals surface area contributed by atoms with Crippen molar-refractivity contribution in [2.75, 3.05) is 33.4 Å². The molecule has 0 spiro atoms. The molecule has 0 N–H and O–H groups in total. The first-order valence-corrected chi connectivity index (χ1v) is 14.0. The fourth-order valence-corrected chi connectivity index (χ4v) is 6.06. The van der Waals surface area contributed by atoms with Gasteiger partial charge < -0.3 is 9.47 Å². The third kappa shape index (κ3) is 6.09. The maximum Gasteiger partial charge on any atom is 0.337 e. The summed E-state index contributed by atoms with van der Waals surface area (Å²) in [4.78, 5) is 14.6. The molecular formula is C34H38FNO3. The van der Waals surface area contributed by atoms with Gasteiger partial charge in [0.05, 0.1) is 19.3 Å². The summed E-state index contributed by atoms with van der Waals surface area (Å²) in [7, 11) is 1.43. The number of aryl methyl sites for hydroxylation is 3. The Hall–Kier alpha value is -3.44. The van der Waals surface area contributed by atoms with Crippen molar-refractivity contribution in [3.63, 3.8) is 0 Å². The Morgan fingerprint density at radius 1 is 1.00 bits per heavy atom. The second-order valence-electron chi connectivity index (χ2n) is 10.8. The zero-order valence-corrected chi connectivity index (χ0v) is 23.3. The Balaban J connectivity index is 1.51. The van der Waals surface area contributed by atoms with Gasteiger partial charge in [-0.05, 0) is 109 Å². The van der Waals surface area contributed by atoms with Crippen LogP contribution >= 0.6 is 0 Å². The molecule has 5 rings (SSSR count). The van der Waals surface area contributed by atoms with Gasteiger partial charge in [0.25, 0.3) is 0 Å². The van der Waals surface area contributed by atoms with Crippen LogP contribution in [0.5, 0.6) is 5.75 Å². The first kappa shape index (κ1) is 27.1. The average Bonchev–Trinajstić information content (AvgIpc) is 3.30. The van der Waals surface area contributed by atoms with E-state index in [0.29, 0.717) is 12.0 Å². The number of nitrogens with zero attached hydrogens (tertiary/aromatic N) is 1. The highest BCUT2D eigenvalue weighted by atomic mass is 19.1. The Kier molecular flexibility index (Phi) is 8.47. The van der Waals surface area contributed by atoms with Crippen LogP contribution in [0.4, 0.5) is 4.39 Å². The third-order valence-corrected chi connectivity index (χ3v) is 7.96. The summed E-state index contributed by atoms with van der Waals surface area (Å²) in [6, 6.07) is 21.1. The zero-order valence-electron chi connectivity index (χ0n) is 23.3. The lowest BCUT2D eigenvalue weighted by Crippen LogP contribution is -2.26. The molecule has 3 aromatic carbocycles. The number of methoxy groups -OCH3 is 1. The molecule has 1 unspecified atom stereocenters. The molecule has 5 heteroatoms. The van der Waals surface area contributed by atoms with Crippen LogP contribution in [0.25, 0.3) is 11.1 Å². The Bertz CT molecular complexity index is 1360. The van der Waals surface area contributed by atoms with Crippen molar-refractivity contribution < 1.29 is 18.7 Å². The first-order valence-electron chi connectivity index (χ1n) is 14.0. The van der Waals surface area contributed by atoms with Crippen molar-refractivity contribution >= 4 is 17.1 Å². The van der Waals surface area contributed by atoms with E-state index in [9.17, 15) is 9.18 Å². The molecule has 3 aromatic rings. The summed E-state index contributed by atoms with van der Waals surface area (Å²) in [6.07, 6.45) is 4.55. The molecule has 1 heterocycles. The largest absolute Gasteiger partial charge is 0.489 e. The fraction of sp³-hybridized carbons (Fsp3) is 0.382. The summed E-state index contributed by atoms with van der Waals surface area (Å²) in [5.74, 6) is 0.554. The highest BCUT2D eigenvalue weighted by Crippen LogP contribution is 2.41. The number of esters is 1. The van der Waals surface area contributed by atoms with Crippen LogP contribution in [-0.4, -0.2) is 50.4 Å². The summed E-state index contributed by atoms with van der Waals surface area (Å²) < 4.78 is 23.9. The van der Waals surface area contributed by atoms with Gasteiger partial charge in [0, 0.05) is 19.6 Å². The molecule has 0 aromatic heterocycles. The third-order valence-electron chi connectivity index (χ3n) is 7.96. The molecule has 204 valence electrons. The quantitative estimate of drug-likeness (QED) is 0.291. The van der Waals surface area contributed by atoms with E-state index < -0.39 is 0 Å². The highest BCUT2D eigenvalue weighted by molar-refractivity contribution is 6.01. The molecule has 1 atom stereocenters. The molecular weight excluding hydrogens is 489 g/mol. The molecule has 2 aliphatic rings. The van der Waals surface area contributed by atoms with Crippen LogP contribution < -0.4 is 4.74 Å². The van der Waals surface area contributed by atoms with Crippen LogP contribution in [0.1, 0.15) is 69.4 Å². The number of alkyl halides is 1. The van der Waals surface area contributed by atoms with E-state index in [4.69, 9.17) is 9.47 Å². The van der Waals surface area contributed by atoms with Crippen LogP contribution in [0.15, 0.2) is 60.7 Å². The van der Waals surface area contributed by atoms with Crippen molar-refractivity contribution in [1.82, 2.24) is 4.90 Å². The van der Waals surface area contributed by atoms with Crippen molar-refractivity contribution in [2.45, 2.75) is 52.1 Å².